The van der Waals surface area contributed by atoms with E-state index in [4.69, 9.17) is 10.8 Å². The molecule has 1 aromatic carbocycles. The van der Waals surface area contributed by atoms with Crippen molar-refractivity contribution in [1.29, 1.82) is 0 Å². The number of benzene rings is 1. The van der Waals surface area contributed by atoms with Crippen LogP contribution in [0.3, 0.4) is 0 Å². The van der Waals surface area contributed by atoms with Gasteiger partial charge in [0, 0.05) is 31.6 Å². The van der Waals surface area contributed by atoms with Crippen molar-refractivity contribution in [2.24, 2.45) is 12.8 Å². The van der Waals surface area contributed by atoms with Crippen molar-refractivity contribution in [3.63, 3.8) is 0 Å². The molecule has 0 unspecified atom stereocenters. The van der Waals surface area contributed by atoms with Crippen LogP contribution in [0.15, 0.2) is 24.3 Å². The number of aromatic nitrogens is 2. The van der Waals surface area contributed by atoms with Crippen molar-refractivity contribution >= 4 is 10.9 Å². The minimum absolute atomic E-state index is 0.720. The van der Waals surface area contributed by atoms with Gasteiger partial charge in [-0.25, -0.2) is 0 Å². The lowest BCUT2D eigenvalue weighted by Crippen LogP contribution is -2.34. The number of para-hydroxylation sites is 1. The molecule has 1 aliphatic rings. The monoisotopic (exact) mass is 286 g/mol. The van der Waals surface area contributed by atoms with E-state index in [0.29, 0.717) is 0 Å². The molecule has 1 aromatic heterocycles. The number of rotatable bonds is 6. The first-order chi connectivity index (χ1) is 10.3. The van der Waals surface area contributed by atoms with Gasteiger partial charge in [-0.3, -0.25) is 9.58 Å². The van der Waals surface area contributed by atoms with Gasteiger partial charge in [0.15, 0.2) is 0 Å². The van der Waals surface area contributed by atoms with Crippen LogP contribution in [0.4, 0.5) is 0 Å². The second-order valence-electron chi connectivity index (χ2n) is 6.14. The first kappa shape index (κ1) is 14.5. The van der Waals surface area contributed by atoms with Crippen molar-refractivity contribution in [2.45, 2.75) is 44.7 Å². The number of nitrogens with two attached hydrogens (primary N) is 1. The molecule has 0 spiro atoms. The summed E-state index contributed by atoms with van der Waals surface area (Å²) in [4.78, 5) is 2.61. The van der Waals surface area contributed by atoms with Crippen LogP contribution in [0.5, 0.6) is 0 Å². The summed E-state index contributed by atoms with van der Waals surface area (Å²) in [5.41, 5.74) is 8.14. The maximum absolute atomic E-state index is 5.72. The average molecular weight is 286 g/mol. The Morgan fingerprint density at radius 2 is 2.05 bits per heavy atom. The summed E-state index contributed by atoms with van der Waals surface area (Å²) < 4.78 is 2.00. The molecule has 2 N–H and O–H groups in total. The fourth-order valence-electron chi connectivity index (χ4n) is 3.55. The predicted octanol–water partition coefficient (Wildman–Crippen LogP) is 2.67. The zero-order valence-corrected chi connectivity index (χ0v) is 13.0. The van der Waals surface area contributed by atoms with E-state index >= 15 is 0 Å². The Kier molecular flexibility index (Phi) is 4.56. The number of hydrogen-bond acceptors (Lipinski definition) is 3. The van der Waals surface area contributed by atoms with Crippen LogP contribution in [0.25, 0.3) is 10.9 Å². The largest absolute Gasteiger partial charge is 0.330 e. The third-order valence-corrected chi connectivity index (χ3v) is 4.68. The fourth-order valence-corrected chi connectivity index (χ4v) is 3.55. The molecule has 2 aromatic rings. The number of nitrogens with zero attached hydrogens (tertiary/aromatic N) is 3. The maximum atomic E-state index is 5.72. The average Bonchev–Trinajstić information content (AvgIpc) is 3.13. The molecule has 1 saturated carbocycles. The van der Waals surface area contributed by atoms with E-state index in [9.17, 15) is 0 Å². The van der Waals surface area contributed by atoms with Crippen LogP contribution in [0.1, 0.15) is 37.8 Å². The molecule has 1 heterocycles. The summed E-state index contributed by atoms with van der Waals surface area (Å²) in [6, 6.07) is 9.24. The molecule has 0 atom stereocenters. The molecule has 1 fully saturated rings. The first-order valence-electron chi connectivity index (χ1n) is 8.14. The predicted molar refractivity (Wildman–Crippen MR) is 87.1 cm³/mol. The Morgan fingerprint density at radius 1 is 1.29 bits per heavy atom. The molecule has 1 aliphatic carbocycles. The van der Waals surface area contributed by atoms with E-state index in [0.717, 1.165) is 32.1 Å². The van der Waals surface area contributed by atoms with Gasteiger partial charge in [-0.05, 0) is 31.9 Å². The molecule has 114 valence electrons. The van der Waals surface area contributed by atoms with E-state index in [1.54, 1.807) is 0 Å². The van der Waals surface area contributed by atoms with Crippen molar-refractivity contribution in [1.82, 2.24) is 14.7 Å². The topological polar surface area (TPSA) is 47.1 Å². The van der Waals surface area contributed by atoms with Gasteiger partial charge in [-0.1, -0.05) is 31.0 Å². The van der Waals surface area contributed by atoms with Gasteiger partial charge in [-0.15, -0.1) is 0 Å². The molecule has 21 heavy (non-hydrogen) atoms. The van der Waals surface area contributed by atoms with E-state index in [2.05, 4.69) is 29.2 Å². The van der Waals surface area contributed by atoms with E-state index in [1.165, 1.54) is 42.3 Å². The summed E-state index contributed by atoms with van der Waals surface area (Å²) in [5, 5.41) is 6.04. The van der Waals surface area contributed by atoms with Crippen LogP contribution in [0.2, 0.25) is 0 Å². The molecule has 0 amide bonds. The quantitative estimate of drug-likeness (QED) is 0.888. The Bertz CT molecular complexity index is 583. The molecule has 0 aliphatic heterocycles. The Labute approximate surface area is 126 Å². The number of aryl methyl sites for hydroxylation is 1. The molecule has 4 nitrogen and oxygen atoms in total. The molecule has 0 bridgehead atoms. The Hall–Kier alpha value is -1.39. The maximum Gasteiger partial charge on any atom is 0.0843 e. The molecular weight excluding hydrogens is 260 g/mol. The van der Waals surface area contributed by atoms with Gasteiger partial charge in [-0.2, -0.15) is 5.10 Å². The van der Waals surface area contributed by atoms with Gasteiger partial charge < -0.3 is 5.73 Å². The van der Waals surface area contributed by atoms with Gasteiger partial charge in [0.25, 0.3) is 0 Å². The van der Waals surface area contributed by atoms with Crippen molar-refractivity contribution < 1.29 is 0 Å². The van der Waals surface area contributed by atoms with E-state index in [1.807, 2.05) is 11.7 Å². The zero-order chi connectivity index (χ0) is 14.7. The van der Waals surface area contributed by atoms with E-state index < -0.39 is 0 Å². The van der Waals surface area contributed by atoms with Crippen molar-refractivity contribution in [2.75, 3.05) is 13.1 Å². The summed E-state index contributed by atoms with van der Waals surface area (Å²) in [6.45, 7) is 2.81. The SMILES string of the molecule is Cn1nc(CN(CCCN)C2CCCC2)c2ccccc21. The number of hydrogen-bond donors (Lipinski definition) is 1. The van der Waals surface area contributed by atoms with Crippen LogP contribution < -0.4 is 5.73 Å². The number of fused-ring (bicyclic) bond motifs is 1. The van der Waals surface area contributed by atoms with Gasteiger partial charge >= 0.3 is 0 Å². The van der Waals surface area contributed by atoms with Gasteiger partial charge in [0.05, 0.1) is 11.2 Å². The lowest BCUT2D eigenvalue weighted by molar-refractivity contribution is 0.186. The van der Waals surface area contributed by atoms with Crippen LogP contribution >= 0.6 is 0 Å². The second-order valence-corrected chi connectivity index (χ2v) is 6.14. The summed E-state index contributed by atoms with van der Waals surface area (Å²) in [5.74, 6) is 0. The summed E-state index contributed by atoms with van der Waals surface area (Å²) in [7, 11) is 2.03. The third kappa shape index (κ3) is 3.11. The molecular formula is C17H26N4. The highest BCUT2D eigenvalue weighted by molar-refractivity contribution is 5.81. The second kappa shape index (κ2) is 6.58. The van der Waals surface area contributed by atoms with Crippen LogP contribution in [0, 0.1) is 0 Å². The lowest BCUT2D eigenvalue weighted by atomic mass is 10.1. The highest BCUT2D eigenvalue weighted by Gasteiger charge is 2.23. The normalized spacial score (nSPS) is 16.3. The third-order valence-electron chi connectivity index (χ3n) is 4.68. The van der Waals surface area contributed by atoms with Crippen molar-refractivity contribution in [3.8, 4) is 0 Å². The first-order valence-corrected chi connectivity index (χ1v) is 8.14. The highest BCUT2D eigenvalue weighted by atomic mass is 15.3. The van der Waals surface area contributed by atoms with Gasteiger partial charge in [0.2, 0.25) is 0 Å². The van der Waals surface area contributed by atoms with E-state index in [-0.39, 0.29) is 0 Å². The minimum Gasteiger partial charge on any atom is -0.330 e. The molecule has 4 heteroatoms. The zero-order valence-electron chi connectivity index (χ0n) is 13.0. The summed E-state index contributed by atoms with van der Waals surface area (Å²) >= 11 is 0. The molecule has 0 saturated heterocycles. The van der Waals surface area contributed by atoms with Crippen LogP contribution in [-0.4, -0.2) is 33.8 Å². The van der Waals surface area contributed by atoms with Crippen LogP contribution in [-0.2, 0) is 13.6 Å². The Morgan fingerprint density at radius 3 is 2.81 bits per heavy atom. The minimum atomic E-state index is 0.720. The Balaban J connectivity index is 1.82. The smallest absolute Gasteiger partial charge is 0.0843 e. The molecule has 3 rings (SSSR count). The lowest BCUT2D eigenvalue weighted by Gasteiger charge is -2.28. The van der Waals surface area contributed by atoms with Crippen molar-refractivity contribution in [3.05, 3.63) is 30.0 Å². The fraction of sp³-hybridized carbons (Fsp3) is 0.588. The standard InChI is InChI=1S/C17H26N4/c1-20-17-10-5-4-9-15(17)16(19-20)13-21(12-6-11-18)14-7-2-3-8-14/h4-5,9-10,14H,2-3,6-8,11-13,18H2,1H3. The molecule has 0 radical (unpaired) electrons. The highest BCUT2D eigenvalue weighted by Crippen LogP contribution is 2.26. The summed E-state index contributed by atoms with van der Waals surface area (Å²) in [6.07, 6.45) is 6.46. The van der Waals surface area contributed by atoms with Gasteiger partial charge in [0.1, 0.15) is 0 Å².